The van der Waals surface area contributed by atoms with Gasteiger partial charge in [-0.1, -0.05) is 0 Å². The summed E-state index contributed by atoms with van der Waals surface area (Å²) in [7, 11) is 0.136. The summed E-state index contributed by atoms with van der Waals surface area (Å²) in [6.07, 6.45) is 0. The number of nitrogens with zero attached hydrogens (tertiary/aromatic N) is 3. The van der Waals surface area contributed by atoms with Gasteiger partial charge in [0.25, 0.3) is 0 Å². The average molecular weight is 245 g/mol. The highest BCUT2D eigenvalue weighted by Gasteiger charge is 2.30. The molecule has 16 heavy (non-hydrogen) atoms. The minimum Gasteiger partial charge on any atom is -0.461 e. The fourth-order valence-corrected chi connectivity index (χ4v) is 1.95. The molecule has 0 amide bonds. The number of aryl methyl sites for hydroxylation is 1. The standard InChI is InChI=1S/C8H12N3O4P/c1-4-15-8(12)7-6(11(13)14)5(2)9-10(7)16-3/h16H,4H2,1-3H3. The van der Waals surface area contributed by atoms with E-state index in [4.69, 9.17) is 4.74 Å². The van der Waals surface area contributed by atoms with Crippen LogP contribution in [0.5, 0.6) is 0 Å². The first-order valence-corrected chi connectivity index (χ1v) is 6.06. The Morgan fingerprint density at radius 2 is 2.31 bits per heavy atom. The monoisotopic (exact) mass is 245 g/mol. The van der Waals surface area contributed by atoms with Crippen LogP contribution in [0.4, 0.5) is 5.69 Å². The van der Waals surface area contributed by atoms with Crippen molar-refractivity contribution in [2.24, 2.45) is 0 Å². The van der Waals surface area contributed by atoms with E-state index in [9.17, 15) is 14.9 Å². The van der Waals surface area contributed by atoms with E-state index in [-0.39, 0.29) is 32.4 Å². The molecular formula is C8H12N3O4P. The van der Waals surface area contributed by atoms with Crippen molar-refractivity contribution in [2.45, 2.75) is 13.8 Å². The zero-order valence-corrected chi connectivity index (χ0v) is 10.2. The van der Waals surface area contributed by atoms with Gasteiger partial charge in [0.1, 0.15) is 5.69 Å². The first-order valence-electron chi connectivity index (χ1n) is 4.61. The second kappa shape index (κ2) is 5.03. The number of carbonyl (C=O) groups is 1. The number of nitro groups is 1. The second-order valence-electron chi connectivity index (χ2n) is 2.90. The van der Waals surface area contributed by atoms with Crippen LogP contribution in [0.1, 0.15) is 23.1 Å². The van der Waals surface area contributed by atoms with Gasteiger partial charge in [-0.2, -0.15) is 5.10 Å². The molecular weight excluding hydrogens is 233 g/mol. The molecule has 8 heteroatoms. The lowest BCUT2D eigenvalue weighted by atomic mass is 10.3. The van der Waals surface area contributed by atoms with E-state index in [1.165, 1.54) is 11.4 Å². The van der Waals surface area contributed by atoms with Crippen molar-refractivity contribution in [3.05, 3.63) is 21.5 Å². The van der Waals surface area contributed by atoms with E-state index in [1.807, 2.05) is 0 Å². The van der Waals surface area contributed by atoms with Crippen molar-refractivity contribution in [3.63, 3.8) is 0 Å². The summed E-state index contributed by atoms with van der Waals surface area (Å²) in [6.45, 7) is 5.09. The van der Waals surface area contributed by atoms with Gasteiger partial charge in [-0.25, -0.2) is 9.25 Å². The Bertz CT molecular complexity index is 429. The predicted molar refractivity (Wildman–Crippen MR) is 59.2 cm³/mol. The lowest BCUT2D eigenvalue weighted by Gasteiger charge is -2.02. The van der Waals surface area contributed by atoms with Gasteiger partial charge in [0.15, 0.2) is 0 Å². The lowest BCUT2D eigenvalue weighted by Crippen LogP contribution is -2.11. The Labute approximate surface area is 93.8 Å². The average Bonchev–Trinajstić information content (AvgIpc) is 2.55. The summed E-state index contributed by atoms with van der Waals surface area (Å²) in [4.78, 5) is 21.8. The van der Waals surface area contributed by atoms with Crippen molar-refractivity contribution in [1.29, 1.82) is 0 Å². The maximum Gasteiger partial charge on any atom is 0.364 e. The Balaban J connectivity index is 3.32. The maximum atomic E-state index is 11.6. The third-order valence-electron chi connectivity index (χ3n) is 1.89. The molecule has 0 radical (unpaired) electrons. The Morgan fingerprint density at radius 1 is 1.69 bits per heavy atom. The van der Waals surface area contributed by atoms with Crippen LogP contribution < -0.4 is 0 Å². The molecule has 0 aliphatic heterocycles. The number of hydrogen-bond donors (Lipinski definition) is 0. The molecule has 1 aromatic rings. The third kappa shape index (κ3) is 2.19. The smallest absolute Gasteiger partial charge is 0.364 e. The number of esters is 1. The summed E-state index contributed by atoms with van der Waals surface area (Å²) in [5.41, 5.74) is -0.125. The van der Waals surface area contributed by atoms with Crippen molar-refractivity contribution in [2.75, 3.05) is 13.3 Å². The quantitative estimate of drug-likeness (QED) is 0.346. The Morgan fingerprint density at radius 3 is 2.75 bits per heavy atom. The highest BCUT2D eigenvalue weighted by atomic mass is 31.1. The molecule has 1 unspecified atom stereocenters. The van der Waals surface area contributed by atoms with Gasteiger partial charge in [0.2, 0.25) is 5.69 Å². The zero-order valence-electron chi connectivity index (χ0n) is 9.18. The summed E-state index contributed by atoms with van der Waals surface area (Å²) < 4.78 is 6.09. The molecule has 1 atom stereocenters. The van der Waals surface area contributed by atoms with Crippen LogP contribution >= 0.6 is 8.73 Å². The molecule has 0 saturated carbocycles. The van der Waals surface area contributed by atoms with Gasteiger partial charge in [-0.15, -0.1) is 0 Å². The number of carbonyl (C=O) groups excluding carboxylic acids is 1. The summed E-state index contributed by atoms with van der Waals surface area (Å²) in [5.74, 6) is -0.704. The number of aromatic nitrogens is 2. The number of rotatable bonds is 4. The van der Waals surface area contributed by atoms with Crippen LogP contribution in [0, 0.1) is 17.0 Å². The van der Waals surface area contributed by atoms with Gasteiger partial charge in [-0.3, -0.25) is 10.1 Å². The highest BCUT2D eigenvalue weighted by Crippen LogP contribution is 2.27. The summed E-state index contributed by atoms with van der Waals surface area (Å²) in [5, 5.41) is 14.8. The van der Waals surface area contributed by atoms with E-state index < -0.39 is 10.9 Å². The van der Waals surface area contributed by atoms with Gasteiger partial charge in [0, 0.05) is 8.73 Å². The SMILES string of the molecule is CCOC(=O)c1c([N+](=O)[O-])c(C)nn1PC. The van der Waals surface area contributed by atoms with Gasteiger partial charge in [0.05, 0.1) is 11.5 Å². The van der Waals surface area contributed by atoms with E-state index in [0.29, 0.717) is 0 Å². The summed E-state index contributed by atoms with van der Waals surface area (Å²) in [6, 6.07) is 0. The molecule has 1 heterocycles. The fourth-order valence-electron chi connectivity index (χ4n) is 1.28. The molecule has 1 aromatic heterocycles. The molecule has 0 fully saturated rings. The van der Waals surface area contributed by atoms with Gasteiger partial charge < -0.3 is 4.74 Å². The Hall–Kier alpha value is -1.49. The molecule has 0 saturated heterocycles. The normalized spacial score (nSPS) is 10.9. The van der Waals surface area contributed by atoms with Crippen LogP contribution in [0.3, 0.4) is 0 Å². The largest absolute Gasteiger partial charge is 0.461 e. The fraction of sp³-hybridized carbons (Fsp3) is 0.500. The molecule has 0 bridgehead atoms. The van der Waals surface area contributed by atoms with Crippen LogP contribution in [-0.4, -0.2) is 33.7 Å². The molecule has 0 aliphatic carbocycles. The molecule has 7 nitrogen and oxygen atoms in total. The highest BCUT2D eigenvalue weighted by molar-refractivity contribution is 7.35. The van der Waals surface area contributed by atoms with Crippen molar-refractivity contribution in [1.82, 2.24) is 9.55 Å². The van der Waals surface area contributed by atoms with Crippen molar-refractivity contribution in [3.8, 4) is 0 Å². The van der Waals surface area contributed by atoms with Crippen LogP contribution in [0.15, 0.2) is 0 Å². The van der Waals surface area contributed by atoms with Crippen molar-refractivity contribution >= 4 is 20.4 Å². The first-order chi connectivity index (χ1) is 7.52. The topological polar surface area (TPSA) is 87.3 Å². The zero-order chi connectivity index (χ0) is 12.3. The van der Waals surface area contributed by atoms with Gasteiger partial charge >= 0.3 is 11.7 Å². The maximum absolute atomic E-state index is 11.6. The van der Waals surface area contributed by atoms with Crippen LogP contribution in [0.2, 0.25) is 0 Å². The van der Waals surface area contributed by atoms with Crippen LogP contribution in [0.25, 0.3) is 0 Å². The second-order valence-corrected chi connectivity index (χ2v) is 3.77. The van der Waals surface area contributed by atoms with Gasteiger partial charge in [-0.05, 0) is 20.5 Å². The van der Waals surface area contributed by atoms with E-state index in [0.717, 1.165) is 0 Å². The summed E-state index contributed by atoms with van der Waals surface area (Å²) >= 11 is 0. The molecule has 0 N–H and O–H groups in total. The van der Waals surface area contributed by atoms with E-state index in [2.05, 4.69) is 5.10 Å². The molecule has 0 aliphatic rings. The third-order valence-corrected chi connectivity index (χ3v) is 2.64. The number of ether oxygens (including phenoxy) is 1. The minimum atomic E-state index is -0.704. The van der Waals surface area contributed by atoms with Crippen molar-refractivity contribution < 1.29 is 14.5 Å². The predicted octanol–water partition coefficient (Wildman–Crippen LogP) is 1.35. The molecule has 0 aromatic carbocycles. The van der Waals surface area contributed by atoms with E-state index in [1.54, 1.807) is 13.6 Å². The first kappa shape index (κ1) is 12.6. The molecule has 88 valence electrons. The minimum absolute atomic E-state index is 0.0785. The molecule has 1 rings (SSSR count). The lowest BCUT2D eigenvalue weighted by molar-refractivity contribution is -0.385. The molecule has 0 spiro atoms. The van der Waals surface area contributed by atoms with Crippen LogP contribution in [-0.2, 0) is 4.74 Å². The van der Waals surface area contributed by atoms with E-state index >= 15 is 0 Å². The Kier molecular flexibility index (Phi) is 3.95. The number of hydrogen-bond acceptors (Lipinski definition) is 5.